The van der Waals surface area contributed by atoms with Crippen LogP contribution in [0.25, 0.3) is 16.2 Å². The number of hydrogen-bond donors (Lipinski definition) is 1. The molecule has 0 saturated carbocycles. The van der Waals surface area contributed by atoms with Gasteiger partial charge in [-0.2, -0.15) is 4.98 Å². The van der Waals surface area contributed by atoms with Gasteiger partial charge in [-0.1, -0.05) is 23.8 Å². The molecule has 0 saturated heterocycles. The van der Waals surface area contributed by atoms with E-state index in [0.29, 0.717) is 11.8 Å². The first-order chi connectivity index (χ1) is 11.6. The van der Waals surface area contributed by atoms with Gasteiger partial charge in [0.2, 0.25) is 10.9 Å². The van der Waals surface area contributed by atoms with Crippen molar-refractivity contribution in [2.45, 2.75) is 20.8 Å². The quantitative estimate of drug-likeness (QED) is 0.614. The maximum atomic E-state index is 4.58. The summed E-state index contributed by atoms with van der Waals surface area (Å²) in [6, 6.07) is 8.29. The summed E-state index contributed by atoms with van der Waals surface area (Å²) in [5.41, 5.74) is 5.59. The summed E-state index contributed by atoms with van der Waals surface area (Å²) in [6.07, 6.45) is 1.52. The standard InChI is InChI=1S/C17H16N6S/c1-10-4-5-13(11(2)6-10)14-8-24-17-21-16(22-23(14)17)20-15-7-12(3)18-9-19-15/h4-9H,1-3H3,(H,18,19,20,22). The van der Waals surface area contributed by atoms with Gasteiger partial charge in [-0.15, -0.1) is 16.4 Å². The lowest BCUT2D eigenvalue weighted by molar-refractivity contribution is 0.983. The van der Waals surface area contributed by atoms with Crippen molar-refractivity contribution in [3.63, 3.8) is 0 Å². The Morgan fingerprint density at radius 3 is 2.75 bits per heavy atom. The van der Waals surface area contributed by atoms with E-state index >= 15 is 0 Å². The highest BCUT2D eigenvalue weighted by Crippen LogP contribution is 2.29. The molecule has 0 atom stereocenters. The molecule has 3 heterocycles. The van der Waals surface area contributed by atoms with Gasteiger partial charge < -0.3 is 5.32 Å². The number of aromatic nitrogens is 5. The number of rotatable bonds is 3. The van der Waals surface area contributed by atoms with Crippen molar-refractivity contribution in [1.82, 2.24) is 24.6 Å². The fourth-order valence-electron chi connectivity index (χ4n) is 2.66. The van der Waals surface area contributed by atoms with Crippen LogP contribution in [0, 0.1) is 20.8 Å². The minimum atomic E-state index is 0.533. The van der Waals surface area contributed by atoms with E-state index in [1.807, 2.05) is 17.5 Å². The van der Waals surface area contributed by atoms with Gasteiger partial charge in [0.25, 0.3) is 0 Å². The molecule has 0 fully saturated rings. The molecule has 0 unspecified atom stereocenters. The third-order valence-corrected chi connectivity index (χ3v) is 4.60. The van der Waals surface area contributed by atoms with Crippen molar-refractivity contribution in [2.75, 3.05) is 5.32 Å². The molecule has 0 spiro atoms. The molecule has 24 heavy (non-hydrogen) atoms. The molecular formula is C17H16N6S. The number of nitrogens with zero attached hydrogens (tertiary/aromatic N) is 5. The summed E-state index contributed by atoms with van der Waals surface area (Å²) in [5.74, 6) is 1.22. The molecule has 4 aromatic rings. The fraction of sp³-hybridized carbons (Fsp3) is 0.176. The lowest BCUT2D eigenvalue weighted by atomic mass is 10.0. The van der Waals surface area contributed by atoms with E-state index in [1.165, 1.54) is 23.0 Å². The normalized spacial score (nSPS) is 11.1. The molecule has 6 nitrogen and oxygen atoms in total. The summed E-state index contributed by atoms with van der Waals surface area (Å²) in [4.78, 5) is 13.7. The molecule has 0 aliphatic carbocycles. The Hall–Kier alpha value is -2.80. The van der Waals surface area contributed by atoms with E-state index in [0.717, 1.165) is 16.3 Å². The number of thiazole rings is 1. The summed E-state index contributed by atoms with van der Waals surface area (Å²) in [5, 5.41) is 9.81. The van der Waals surface area contributed by atoms with E-state index in [9.17, 15) is 0 Å². The second-order valence-corrected chi connectivity index (χ2v) is 6.58. The first-order valence-electron chi connectivity index (χ1n) is 7.58. The molecule has 0 aliphatic heterocycles. The Morgan fingerprint density at radius 2 is 1.96 bits per heavy atom. The molecule has 0 aliphatic rings. The van der Waals surface area contributed by atoms with Crippen LogP contribution in [0.15, 0.2) is 36.0 Å². The summed E-state index contributed by atoms with van der Waals surface area (Å²) in [7, 11) is 0. The highest BCUT2D eigenvalue weighted by molar-refractivity contribution is 7.15. The van der Waals surface area contributed by atoms with Crippen LogP contribution in [0.2, 0.25) is 0 Å². The van der Waals surface area contributed by atoms with Gasteiger partial charge in [0.05, 0.1) is 5.69 Å². The fourth-order valence-corrected chi connectivity index (χ4v) is 3.48. The third-order valence-electron chi connectivity index (χ3n) is 3.78. The first-order valence-corrected chi connectivity index (χ1v) is 8.46. The maximum absolute atomic E-state index is 4.58. The predicted molar refractivity (Wildman–Crippen MR) is 95.8 cm³/mol. The highest BCUT2D eigenvalue weighted by atomic mass is 32.1. The van der Waals surface area contributed by atoms with Crippen molar-refractivity contribution in [1.29, 1.82) is 0 Å². The average molecular weight is 336 g/mol. The van der Waals surface area contributed by atoms with Crippen molar-refractivity contribution in [3.8, 4) is 11.3 Å². The molecule has 1 aromatic carbocycles. The molecule has 4 rings (SSSR count). The van der Waals surface area contributed by atoms with Crippen LogP contribution in [0.4, 0.5) is 11.8 Å². The second-order valence-electron chi connectivity index (χ2n) is 5.74. The average Bonchev–Trinajstić information content (AvgIpc) is 3.08. The van der Waals surface area contributed by atoms with Gasteiger partial charge in [0, 0.05) is 22.7 Å². The largest absolute Gasteiger partial charge is 0.307 e. The highest BCUT2D eigenvalue weighted by Gasteiger charge is 2.13. The van der Waals surface area contributed by atoms with Crippen molar-refractivity contribution >= 4 is 28.1 Å². The number of aryl methyl sites for hydroxylation is 3. The molecule has 0 bridgehead atoms. The summed E-state index contributed by atoms with van der Waals surface area (Å²) in [6.45, 7) is 6.14. The van der Waals surface area contributed by atoms with Crippen LogP contribution in [0.1, 0.15) is 16.8 Å². The lowest BCUT2D eigenvalue weighted by Crippen LogP contribution is -1.98. The third kappa shape index (κ3) is 2.63. The molecule has 3 aromatic heterocycles. The van der Waals surface area contributed by atoms with Gasteiger partial charge in [-0.3, -0.25) is 0 Å². The zero-order valence-corrected chi connectivity index (χ0v) is 14.4. The molecule has 1 N–H and O–H groups in total. The monoisotopic (exact) mass is 336 g/mol. The minimum Gasteiger partial charge on any atom is -0.307 e. The maximum Gasteiger partial charge on any atom is 0.249 e. The van der Waals surface area contributed by atoms with Crippen LogP contribution in [0.5, 0.6) is 0 Å². The first kappa shape index (κ1) is 14.8. The Balaban J connectivity index is 1.73. The molecular weight excluding hydrogens is 320 g/mol. The van der Waals surface area contributed by atoms with Gasteiger partial charge in [-0.25, -0.2) is 14.5 Å². The van der Waals surface area contributed by atoms with Crippen molar-refractivity contribution in [2.24, 2.45) is 0 Å². The van der Waals surface area contributed by atoms with Crippen LogP contribution in [0.3, 0.4) is 0 Å². The summed E-state index contributed by atoms with van der Waals surface area (Å²) < 4.78 is 1.87. The lowest BCUT2D eigenvalue weighted by Gasteiger charge is -2.05. The zero-order chi connectivity index (χ0) is 16.7. The molecule has 120 valence electrons. The zero-order valence-electron chi connectivity index (χ0n) is 13.6. The number of nitrogens with one attached hydrogen (secondary N) is 1. The Kier molecular flexibility index (Phi) is 3.50. The van der Waals surface area contributed by atoms with Crippen molar-refractivity contribution < 1.29 is 0 Å². The molecule has 0 radical (unpaired) electrons. The summed E-state index contributed by atoms with van der Waals surface area (Å²) >= 11 is 1.57. The molecule has 0 amide bonds. The van der Waals surface area contributed by atoms with E-state index in [2.05, 4.69) is 62.8 Å². The number of fused-ring (bicyclic) bond motifs is 1. The Morgan fingerprint density at radius 1 is 1.08 bits per heavy atom. The van der Waals surface area contributed by atoms with E-state index in [4.69, 9.17) is 0 Å². The van der Waals surface area contributed by atoms with E-state index in [-0.39, 0.29) is 0 Å². The van der Waals surface area contributed by atoms with Gasteiger partial charge in [0.1, 0.15) is 12.1 Å². The molecule has 7 heteroatoms. The van der Waals surface area contributed by atoms with Crippen molar-refractivity contribution in [3.05, 3.63) is 52.8 Å². The van der Waals surface area contributed by atoms with E-state index < -0.39 is 0 Å². The van der Waals surface area contributed by atoms with Gasteiger partial charge >= 0.3 is 0 Å². The van der Waals surface area contributed by atoms with Crippen LogP contribution in [-0.4, -0.2) is 24.6 Å². The number of anilines is 2. The minimum absolute atomic E-state index is 0.533. The van der Waals surface area contributed by atoms with Gasteiger partial charge in [-0.05, 0) is 26.3 Å². The smallest absolute Gasteiger partial charge is 0.249 e. The SMILES string of the molecule is Cc1ccc(-c2csc3nc(Nc4cc(C)ncn4)nn23)c(C)c1. The van der Waals surface area contributed by atoms with E-state index in [1.54, 1.807) is 11.3 Å². The Labute approximate surface area is 143 Å². The Bertz CT molecular complexity index is 1030. The topological polar surface area (TPSA) is 68.0 Å². The van der Waals surface area contributed by atoms with Gasteiger partial charge in [0.15, 0.2) is 0 Å². The predicted octanol–water partition coefficient (Wildman–Crippen LogP) is 3.92. The number of hydrogen-bond acceptors (Lipinski definition) is 6. The van der Waals surface area contributed by atoms with Crippen LogP contribution < -0.4 is 5.32 Å². The van der Waals surface area contributed by atoms with Crippen LogP contribution in [-0.2, 0) is 0 Å². The van der Waals surface area contributed by atoms with Crippen LogP contribution >= 0.6 is 11.3 Å². The second kappa shape index (κ2) is 5.68. The number of benzene rings is 1.